The highest BCUT2D eigenvalue weighted by atomic mass is 32.2. The summed E-state index contributed by atoms with van der Waals surface area (Å²) in [5.41, 5.74) is 4.28. The molecule has 0 aliphatic carbocycles. The maximum atomic E-state index is 13.3. The minimum atomic E-state index is -0.319. The zero-order valence-corrected chi connectivity index (χ0v) is 17.1. The van der Waals surface area contributed by atoms with Crippen LogP contribution in [0.25, 0.3) is 5.57 Å². The molecule has 2 aromatic carbocycles. The SMILES string of the molecule is CCSC1=C(c2ccc(NC(C)=O)cc2)C(=O)N(c2ccc(C)cc2C)C1=O. The summed E-state index contributed by atoms with van der Waals surface area (Å²) in [7, 11) is 0. The number of rotatable bonds is 5. The largest absolute Gasteiger partial charge is 0.326 e. The summed E-state index contributed by atoms with van der Waals surface area (Å²) < 4.78 is 0. The molecule has 0 fully saturated rings. The molecule has 28 heavy (non-hydrogen) atoms. The van der Waals surface area contributed by atoms with Gasteiger partial charge in [0.1, 0.15) is 0 Å². The van der Waals surface area contributed by atoms with Crippen LogP contribution >= 0.6 is 11.8 Å². The lowest BCUT2D eigenvalue weighted by Gasteiger charge is -2.18. The third-order valence-corrected chi connectivity index (χ3v) is 5.37. The number of amides is 3. The van der Waals surface area contributed by atoms with Crippen LogP contribution < -0.4 is 10.2 Å². The lowest BCUT2D eigenvalue weighted by Crippen LogP contribution is -2.32. The monoisotopic (exact) mass is 394 g/mol. The second-order valence-electron chi connectivity index (χ2n) is 6.63. The van der Waals surface area contributed by atoms with E-state index in [2.05, 4.69) is 5.32 Å². The molecular weight excluding hydrogens is 372 g/mol. The Kier molecular flexibility index (Phi) is 5.70. The number of hydrogen-bond acceptors (Lipinski definition) is 4. The molecule has 0 unspecified atom stereocenters. The molecule has 3 amide bonds. The summed E-state index contributed by atoms with van der Waals surface area (Å²) in [6.45, 7) is 7.26. The normalized spacial score (nSPS) is 14.1. The van der Waals surface area contributed by atoms with Gasteiger partial charge < -0.3 is 5.32 Å². The third-order valence-electron chi connectivity index (χ3n) is 4.42. The number of aryl methyl sites for hydroxylation is 2. The molecular formula is C22H22N2O3S. The molecule has 0 aromatic heterocycles. The summed E-state index contributed by atoms with van der Waals surface area (Å²) in [5.74, 6) is -0.0880. The highest BCUT2D eigenvalue weighted by Crippen LogP contribution is 2.39. The van der Waals surface area contributed by atoms with Crippen molar-refractivity contribution in [3.8, 4) is 0 Å². The summed E-state index contributed by atoms with van der Waals surface area (Å²) in [6.07, 6.45) is 0. The molecule has 0 spiro atoms. The quantitative estimate of drug-likeness (QED) is 0.768. The van der Waals surface area contributed by atoms with Crippen LogP contribution in [0.4, 0.5) is 11.4 Å². The molecule has 1 aliphatic rings. The number of hydrogen-bond donors (Lipinski definition) is 1. The van der Waals surface area contributed by atoms with Crippen molar-refractivity contribution in [2.24, 2.45) is 0 Å². The molecule has 144 valence electrons. The van der Waals surface area contributed by atoms with Gasteiger partial charge in [-0.15, -0.1) is 11.8 Å². The Labute approximate surface area is 168 Å². The minimum absolute atomic E-state index is 0.165. The number of carbonyl (C=O) groups excluding carboxylic acids is 3. The van der Waals surface area contributed by atoms with Gasteiger partial charge in [-0.1, -0.05) is 36.8 Å². The van der Waals surface area contributed by atoms with Crippen LogP contribution in [0.1, 0.15) is 30.5 Å². The Morgan fingerprint density at radius 2 is 1.71 bits per heavy atom. The molecule has 0 atom stereocenters. The molecule has 1 aliphatic heterocycles. The van der Waals surface area contributed by atoms with Gasteiger partial charge in [-0.05, 0) is 48.9 Å². The first-order valence-electron chi connectivity index (χ1n) is 9.04. The first-order valence-corrected chi connectivity index (χ1v) is 10.0. The van der Waals surface area contributed by atoms with Gasteiger partial charge in [0, 0.05) is 12.6 Å². The first-order chi connectivity index (χ1) is 13.3. The molecule has 5 nitrogen and oxygen atoms in total. The van der Waals surface area contributed by atoms with Gasteiger partial charge >= 0.3 is 0 Å². The Balaban J connectivity index is 2.04. The smallest absolute Gasteiger partial charge is 0.272 e. The molecule has 3 rings (SSSR count). The molecule has 0 bridgehead atoms. The third kappa shape index (κ3) is 3.73. The summed E-state index contributed by atoms with van der Waals surface area (Å²) >= 11 is 1.37. The number of nitrogens with one attached hydrogen (secondary N) is 1. The topological polar surface area (TPSA) is 66.5 Å². The molecule has 0 radical (unpaired) electrons. The Morgan fingerprint density at radius 1 is 1.04 bits per heavy atom. The molecule has 0 saturated heterocycles. The van der Waals surface area contributed by atoms with Crippen molar-refractivity contribution >= 4 is 46.4 Å². The molecule has 2 aromatic rings. The second kappa shape index (κ2) is 8.02. The zero-order valence-electron chi connectivity index (χ0n) is 16.3. The number of benzene rings is 2. The Hall–Kier alpha value is -2.86. The zero-order chi connectivity index (χ0) is 20.4. The summed E-state index contributed by atoms with van der Waals surface area (Å²) in [6, 6.07) is 12.7. The van der Waals surface area contributed by atoms with E-state index in [0.29, 0.717) is 33.2 Å². The summed E-state index contributed by atoms with van der Waals surface area (Å²) in [5, 5.41) is 2.70. The van der Waals surface area contributed by atoms with E-state index >= 15 is 0 Å². The number of thioether (sulfide) groups is 1. The number of carbonyl (C=O) groups is 3. The van der Waals surface area contributed by atoms with Crippen molar-refractivity contribution < 1.29 is 14.4 Å². The van der Waals surface area contributed by atoms with E-state index in [1.165, 1.54) is 23.6 Å². The summed E-state index contributed by atoms with van der Waals surface area (Å²) in [4.78, 5) is 39.3. The predicted molar refractivity (Wildman–Crippen MR) is 114 cm³/mol. The van der Waals surface area contributed by atoms with Crippen LogP contribution in [-0.4, -0.2) is 23.5 Å². The van der Waals surface area contributed by atoms with Gasteiger partial charge in [-0.3, -0.25) is 14.4 Å². The van der Waals surface area contributed by atoms with E-state index in [0.717, 1.165) is 11.1 Å². The van der Waals surface area contributed by atoms with E-state index in [4.69, 9.17) is 0 Å². The van der Waals surface area contributed by atoms with E-state index in [-0.39, 0.29) is 17.7 Å². The molecule has 6 heteroatoms. The molecule has 1 heterocycles. The predicted octanol–water partition coefficient (Wildman–Crippen LogP) is 4.30. The standard InChI is InChI=1S/C22H22N2O3S/c1-5-28-20-19(16-7-9-17(10-8-16)23-15(4)25)21(26)24(22(20)27)18-11-6-13(2)12-14(18)3/h6-12H,5H2,1-4H3,(H,23,25). The van der Waals surface area contributed by atoms with E-state index in [9.17, 15) is 14.4 Å². The minimum Gasteiger partial charge on any atom is -0.326 e. The number of nitrogens with zero attached hydrogens (tertiary/aromatic N) is 1. The van der Waals surface area contributed by atoms with Gasteiger partial charge in [0.25, 0.3) is 11.8 Å². The Bertz CT molecular complexity index is 993. The van der Waals surface area contributed by atoms with Crippen molar-refractivity contribution in [1.29, 1.82) is 0 Å². The van der Waals surface area contributed by atoms with Gasteiger partial charge in [-0.25, -0.2) is 4.90 Å². The van der Waals surface area contributed by atoms with Crippen molar-refractivity contribution in [1.82, 2.24) is 0 Å². The maximum absolute atomic E-state index is 13.3. The average molecular weight is 394 g/mol. The van der Waals surface area contributed by atoms with E-state index < -0.39 is 0 Å². The van der Waals surface area contributed by atoms with Crippen molar-refractivity contribution in [3.63, 3.8) is 0 Å². The Morgan fingerprint density at radius 3 is 2.29 bits per heavy atom. The van der Waals surface area contributed by atoms with Crippen molar-refractivity contribution in [3.05, 3.63) is 64.1 Å². The van der Waals surface area contributed by atoms with Crippen LogP contribution in [0.15, 0.2) is 47.4 Å². The van der Waals surface area contributed by atoms with E-state index in [1.807, 2.05) is 39.0 Å². The van der Waals surface area contributed by atoms with Gasteiger partial charge in [0.15, 0.2) is 0 Å². The average Bonchev–Trinajstić information content (AvgIpc) is 2.87. The first kappa shape index (κ1) is 19.9. The second-order valence-corrected chi connectivity index (χ2v) is 7.91. The van der Waals surface area contributed by atoms with Crippen LogP contribution in [0.3, 0.4) is 0 Å². The fourth-order valence-electron chi connectivity index (χ4n) is 3.24. The van der Waals surface area contributed by atoms with Crippen LogP contribution in [0.5, 0.6) is 0 Å². The highest BCUT2D eigenvalue weighted by Gasteiger charge is 2.40. The lowest BCUT2D eigenvalue weighted by molar-refractivity contribution is -0.120. The number of imide groups is 1. The number of anilines is 2. The van der Waals surface area contributed by atoms with Gasteiger partial charge in [0.05, 0.1) is 16.2 Å². The molecule has 0 saturated carbocycles. The van der Waals surface area contributed by atoms with Crippen LogP contribution in [0, 0.1) is 13.8 Å². The van der Waals surface area contributed by atoms with Crippen molar-refractivity contribution in [2.75, 3.05) is 16.0 Å². The van der Waals surface area contributed by atoms with Gasteiger partial charge in [0.2, 0.25) is 5.91 Å². The van der Waals surface area contributed by atoms with Crippen LogP contribution in [-0.2, 0) is 14.4 Å². The fourth-order valence-corrected chi connectivity index (χ4v) is 4.09. The van der Waals surface area contributed by atoms with Crippen LogP contribution in [0.2, 0.25) is 0 Å². The molecule has 1 N–H and O–H groups in total. The van der Waals surface area contributed by atoms with Gasteiger partial charge in [-0.2, -0.15) is 0 Å². The maximum Gasteiger partial charge on any atom is 0.272 e. The van der Waals surface area contributed by atoms with Crippen molar-refractivity contribution in [2.45, 2.75) is 27.7 Å². The van der Waals surface area contributed by atoms with E-state index in [1.54, 1.807) is 24.3 Å². The lowest BCUT2D eigenvalue weighted by atomic mass is 10.1. The highest BCUT2D eigenvalue weighted by molar-refractivity contribution is 8.04. The fraction of sp³-hybridized carbons (Fsp3) is 0.227.